The summed E-state index contributed by atoms with van der Waals surface area (Å²) in [6.07, 6.45) is 3.24. The minimum atomic E-state index is -0.382. The van der Waals surface area contributed by atoms with Gasteiger partial charge >= 0.3 is 0 Å². The second kappa shape index (κ2) is 7.68. The lowest BCUT2D eigenvalue weighted by molar-refractivity contribution is -0.138. The summed E-state index contributed by atoms with van der Waals surface area (Å²) < 4.78 is 0. The van der Waals surface area contributed by atoms with Gasteiger partial charge < -0.3 is 10.0 Å². The topological polar surface area (TPSA) is 73.7 Å². The van der Waals surface area contributed by atoms with Gasteiger partial charge in [-0.05, 0) is 35.4 Å². The number of hydrogen-bond acceptors (Lipinski definition) is 5. The molecule has 3 rings (SSSR count). The van der Waals surface area contributed by atoms with Crippen molar-refractivity contribution in [3.8, 4) is 0 Å². The van der Waals surface area contributed by atoms with E-state index in [4.69, 9.17) is 11.6 Å². The van der Waals surface area contributed by atoms with Crippen LogP contribution in [0.2, 0.25) is 5.02 Å². The zero-order valence-electron chi connectivity index (χ0n) is 14.2. The van der Waals surface area contributed by atoms with Gasteiger partial charge in [0.25, 0.3) is 11.8 Å². The fourth-order valence-corrected chi connectivity index (χ4v) is 3.00. The predicted octanol–water partition coefficient (Wildman–Crippen LogP) is 1.94. The van der Waals surface area contributed by atoms with Gasteiger partial charge in [0, 0.05) is 31.0 Å². The van der Waals surface area contributed by atoms with Crippen molar-refractivity contribution in [1.29, 1.82) is 0 Å². The van der Waals surface area contributed by atoms with Crippen molar-refractivity contribution in [2.45, 2.75) is 6.54 Å². The normalized spacial score (nSPS) is 14.3. The number of aromatic nitrogens is 1. The number of amides is 2. The molecule has 26 heavy (non-hydrogen) atoms. The third-order valence-electron chi connectivity index (χ3n) is 4.18. The summed E-state index contributed by atoms with van der Waals surface area (Å²) in [6, 6.07) is 10.3. The smallest absolute Gasteiger partial charge is 0.278 e. The van der Waals surface area contributed by atoms with Crippen LogP contribution >= 0.6 is 11.6 Å². The molecule has 0 radical (unpaired) electrons. The number of likely N-dealkylation sites (N-methyl/N-ethyl adjacent to an activating group) is 1. The van der Waals surface area contributed by atoms with Crippen molar-refractivity contribution in [1.82, 2.24) is 14.8 Å². The molecule has 2 amide bonds. The Morgan fingerprint density at radius 2 is 1.73 bits per heavy atom. The van der Waals surface area contributed by atoms with Gasteiger partial charge in [-0.1, -0.05) is 23.7 Å². The molecule has 0 fully saturated rings. The van der Waals surface area contributed by atoms with Gasteiger partial charge in [-0.2, -0.15) is 0 Å². The van der Waals surface area contributed by atoms with Crippen LogP contribution in [0.3, 0.4) is 0 Å². The van der Waals surface area contributed by atoms with E-state index in [1.54, 1.807) is 60.7 Å². The molecule has 0 bridgehead atoms. The van der Waals surface area contributed by atoms with Crippen LogP contribution in [0.5, 0.6) is 0 Å². The molecule has 0 atom stereocenters. The van der Waals surface area contributed by atoms with Crippen molar-refractivity contribution < 1.29 is 14.7 Å². The summed E-state index contributed by atoms with van der Waals surface area (Å²) in [7, 11) is 1.68. The molecule has 1 aromatic heterocycles. The van der Waals surface area contributed by atoms with E-state index in [0.29, 0.717) is 16.2 Å². The van der Waals surface area contributed by atoms with Crippen LogP contribution in [0, 0.1) is 0 Å². The fourth-order valence-electron chi connectivity index (χ4n) is 2.87. The molecule has 7 heteroatoms. The van der Waals surface area contributed by atoms with Crippen LogP contribution < -0.4 is 0 Å². The first-order valence-corrected chi connectivity index (χ1v) is 8.48. The number of hydrogen-bond donors (Lipinski definition) is 1. The quantitative estimate of drug-likeness (QED) is 0.785. The Balaban J connectivity index is 2.01. The Bertz CT molecular complexity index is 850. The third kappa shape index (κ3) is 3.47. The Hall–Kier alpha value is -2.70. The number of aliphatic hydroxyl groups excluding tert-OH is 1. The van der Waals surface area contributed by atoms with Crippen LogP contribution in [-0.2, 0) is 16.1 Å². The number of imide groups is 1. The second-order valence-electron chi connectivity index (χ2n) is 5.93. The molecule has 0 saturated heterocycles. The number of rotatable bonds is 6. The molecule has 1 N–H and O–H groups in total. The number of carbonyl (C=O) groups excluding carboxylic acids is 2. The summed E-state index contributed by atoms with van der Waals surface area (Å²) >= 11 is 5.94. The van der Waals surface area contributed by atoms with Gasteiger partial charge in [-0.15, -0.1) is 0 Å². The molecule has 2 heterocycles. The number of halogens is 1. The van der Waals surface area contributed by atoms with Gasteiger partial charge in [-0.25, -0.2) is 0 Å². The minimum Gasteiger partial charge on any atom is -0.395 e. The average molecular weight is 372 g/mol. The van der Waals surface area contributed by atoms with E-state index in [1.165, 1.54) is 4.90 Å². The zero-order chi connectivity index (χ0) is 18.7. The van der Waals surface area contributed by atoms with E-state index in [9.17, 15) is 14.7 Å². The van der Waals surface area contributed by atoms with Crippen LogP contribution in [0.1, 0.15) is 11.1 Å². The summed E-state index contributed by atoms with van der Waals surface area (Å²) in [4.78, 5) is 32.8. The molecule has 0 aliphatic carbocycles. The molecule has 0 saturated carbocycles. The maximum atomic E-state index is 13.0. The van der Waals surface area contributed by atoms with Gasteiger partial charge in [0.1, 0.15) is 5.70 Å². The largest absolute Gasteiger partial charge is 0.395 e. The number of nitrogens with zero attached hydrogens (tertiary/aromatic N) is 3. The van der Waals surface area contributed by atoms with Crippen LogP contribution in [0.15, 0.2) is 54.5 Å². The highest BCUT2D eigenvalue weighted by molar-refractivity contribution is 6.35. The molecular weight excluding hydrogens is 354 g/mol. The molecule has 0 unspecified atom stereocenters. The highest BCUT2D eigenvalue weighted by Gasteiger charge is 2.40. The first-order chi connectivity index (χ1) is 12.5. The number of pyridine rings is 1. The van der Waals surface area contributed by atoms with E-state index >= 15 is 0 Å². The second-order valence-corrected chi connectivity index (χ2v) is 6.36. The van der Waals surface area contributed by atoms with Gasteiger partial charge in [0.05, 0.1) is 18.7 Å². The maximum Gasteiger partial charge on any atom is 0.278 e. The zero-order valence-corrected chi connectivity index (χ0v) is 15.0. The molecule has 2 aromatic rings. The number of carbonyl (C=O) groups is 2. The Morgan fingerprint density at radius 3 is 2.35 bits per heavy atom. The number of benzene rings is 1. The average Bonchev–Trinajstić information content (AvgIpc) is 2.88. The summed E-state index contributed by atoms with van der Waals surface area (Å²) in [6.45, 7) is 0.280. The first-order valence-electron chi connectivity index (χ1n) is 8.10. The summed E-state index contributed by atoms with van der Waals surface area (Å²) in [5, 5.41) is 9.79. The van der Waals surface area contributed by atoms with Crippen LogP contribution in [-0.4, -0.2) is 51.9 Å². The van der Waals surface area contributed by atoms with Crippen molar-refractivity contribution in [2.24, 2.45) is 0 Å². The molecule has 6 nitrogen and oxygen atoms in total. The lowest BCUT2D eigenvalue weighted by atomic mass is 10.0. The Kier molecular flexibility index (Phi) is 5.35. The predicted molar refractivity (Wildman–Crippen MR) is 97.9 cm³/mol. The first kappa shape index (κ1) is 18.1. The van der Waals surface area contributed by atoms with Gasteiger partial charge in [0.2, 0.25) is 0 Å². The molecule has 1 aromatic carbocycles. The van der Waals surface area contributed by atoms with Crippen molar-refractivity contribution >= 4 is 29.0 Å². The van der Waals surface area contributed by atoms with Crippen LogP contribution in [0.4, 0.5) is 0 Å². The lowest BCUT2D eigenvalue weighted by Gasteiger charge is -2.20. The standard InChI is InChI=1S/C19H18ClN3O3/c1-22(10-11-24)17-16(14-2-4-15(20)5-3-14)18(25)23(19(17)26)12-13-6-8-21-9-7-13/h2-9,24H,10-12H2,1H3. The molecular formula is C19H18ClN3O3. The van der Waals surface area contributed by atoms with E-state index in [0.717, 1.165) is 5.56 Å². The SMILES string of the molecule is CN(CCO)C1=C(c2ccc(Cl)cc2)C(=O)N(Cc2ccncc2)C1=O. The molecule has 1 aliphatic heterocycles. The Labute approximate surface area is 156 Å². The monoisotopic (exact) mass is 371 g/mol. The summed E-state index contributed by atoms with van der Waals surface area (Å²) in [5.41, 5.74) is 2.02. The highest BCUT2D eigenvalue weighted by Crippen LogP contribution is 2.32. The van der Waals surface area contributed by atoms with Crippen molar-refractivity contribution in [3.63, 3.8) is 0 Å². The van der Waals surface area contributed by atoms with Crippen molar-refractivity contribution in [2.75, 3.05) is 20.2 Å². The maximum absolute atomic E-state index is 13.0. The van der Waals surface area contributed by atoms with Gasteiger partial charge in [0.15, 0.2) is 0 Å². The van der Waals surface area contributed by atoms with Crippen molar-refractivity contribution in [3.05, 3.63) is 70.6 Å². The lowest BCUT2D eigenvalue weighted by Crippen LogP contribution is -2.34. The Morgan fingerprint density at radius 1 is 1.08 bits per heavy atom. The van der Waals surface area contributed by atoms with Gasteiger partial charge in [-0.3, -0.25) is 19.5 Å². The minimum absolute atomic E-state index is 0.125. The highest BCUT2D eigenvalue weighted by atomic mass is 35.5. The third-order valence-corrected chi connectivity index (χ3v) is 4.44. The fraction of sp³-hybridized carbons (Fsp3) is 0.211. The van der Waals surface area contributed by atoms with E-state index < -0.39 is 0 Å². The number of aliphatic hydroxyl groups is 1. The van der Waals surface area contributed by atoms with E-state index in [2.05, 4.69) is 4.98 Å². The molecule has 0 spiro atoms. The van der Waals surface area contributed by atoms with E-state index in [-0.39, 0.29) is 37.2 Å². The van der Waals surface area contributed by atoms with Crippen LogP contribution in [0.25, 0.3) is 5.57 Å². The van der Waals surface area contributed by atoms with E-state index in [1.807, 2.05) is 0 Å². The molecule has 1 aliphatic rings. The molecule has 134 valence electrons. The summed E-state index contributed by atoms with van der Waals surface area (Å²) in [5.74, 6) is -0.748.